The topological polar surface area (TPSA) is 175 Å². The highest BCUT2D eigenvalue weighted by atomic mass is 31.1. The first-order valence-corrected chi connectivity index (χ1v) is 11.7. The van der Waals surface area contributed by atoms with Crippen LogP contribution in [0.1, 0.15) is 27.0 Å². The Hall–Kier alpha value is -3.12. The van der Waals surface area contributed by atoms with E-state index >= 15 is 4.39 Å². The third-order valence-corrected chi connectivity index (χ3v) is 6.14. The number of benzene rings is 1. The Morgan fingerprint density at radius 3 is 2.60 bits per heavy atom. The highest BCUT2D eigenvalue weighted by Gasteiger charge is 2.55. The zero-order valence-electron chi connectivity index (χ0n) is 19.0. The molecule has 1 aliphatic rings. The molecule has 0 aliphatic carbocycles. The van der Waals surface area contributed by atoms with Gasteiger partial charge in [0, 0.05) is 12.3 Å². The molecule has 35 heavy (non-hydrogen) atoms. The van der Waals surface area contributed by atoms with Crippen molar-refractivity contribution in [1.82, 2.24) is 9.55 Å². The third kappa shape index (κ3) is 5.93. The van der Waals surface area contributed by atoms with Gasteiger partial charge >= 0.3 is 19.8 Å². The fraction of sp³-hybridized carbons (Fsp3) is 0.476. The number of hydrogen-bond donors (Lipinski definition) is 3. The van der Waals surface area contributed by atoms with Crippen molar-refractivity contribution in [1.29, 1.82) is 0 Å². The molecule has 12 nitrogen and oxygen atoms in total. The standard InChI is InChI=1S/C21H25FN3O9P/c1-11(2)16(18(28)29)24-35(31)34-13-7-5-4-6-12(13)32-10-14-17(27)21(3,22)19(33-14)25-9-8-15(26)23-20(25)30/h4-9,11,14,16-17,19,27H,10H2,1-3H3,(H,28,29)(H,23,26,30)/t14-,16+,17-,19-,21-/m1/s1. The minimum Gasteiger partial charge on any atom is -0.575 e. The summed E-state index contributed by atoms with van der Waals surface area (Å²) in [5.41, 5.74) is -3.99. The molecule has 0 bridgehead atoms. The van der Waals surface area contributed by atoms with E-state index < -0.39 is 61.5 Å². The lowest BCUT2D eigenvalue weighted by atomic mass is 9.98. The number of aromatic amines is 1. The number of carboxylic acids is 1. The van der Waals surface area contributed by atoms with Crippen LogP contribution in [0, 0.1) is 5.92 Å². The summed E-state index contributed by atoms with van der Waals surface area (Å²) in [4.78, 5) is 49.0. The molecule has 3 rings (SSSR count). The number of aliphatic carboxylic acids is 1. The largest absolute Gasteiger partial charge is 0.575 e. The summed E-state index contributed by atoms with van der Waals surface area (Å²) < 4.78 is 36.3. The van der Waals surface area contributed by atoms with E-state index in [1.54, 1.807) is 26.0 Å². The van der Waals surface area contributed by atoms with Crippen molar-refractivity contribution < 1.29 is 38.3 Å². The minimum atomic E-state index is -2.76. The lowest BCUT2D eigenvalue weighted by Gasteiger charge is -2.24. The molecule has 0 amide bonds. The molecule has 6 atom stereocenters. The third-order valence-electron chi connectivity index (χ3n) is 5.35. The number of nitrogens with zero attached hydrogens (tertiary/aromatic N) is 2. The monoisotopic (exact) mass is 513 g/mol. The van der Waals surface area contributed by atoms with E-state index in [1.165, 1.54) is 12.1 Å². The fourth-order valence-corrected chi connectivity index (χ4v) is 4.39. The first-order chi connectivity index (χ1) is 16.4. The van der Waals surface area contributed by atoms with Crippen molar-refractivity contribution in [3.05, 3.63) is 57.4 Å². The first-order valence-electron chi connectivity index (χ1n) is 10.6. The lowest BCUT2D eigenvalue weighted by Crippen LogP contribution is -2.43. The van der Waals surface area contributed by atoms with Gasteiger partial charge in [0.25, 0.3) is 5.56 Å². The molecular weight excluding hydrogens is 488 g/mol. The summed E-state index contributed by atoms with van der Waals surface area (Å²) in [6, 6.07) is 5.79. The molecule has 0 saturated carbocycles. The summed E-state index contributed by atoms with van der Waals surface area (Å²) in [5.74, 6) is -1.62. The maximum Gasteiger partial charge on any atom is 0.395 e. The lowest BCUT2D eigenvalue weighted by molar-refractivity contribution is -0.169. The van der Waals surface area contributed by atoms with Crippen molar-refractivity contribution in [2.24, 2.45) is 10.7 Å². The van der Waals surface area contributed by atoms with E-state index in [2.05, 4.69) is 4.74 Å². The summed E-state index contributed by atoms with van der Waals surface area (Å²) in [7, 11) is -2.76. The Labute approximate surface area is 199 Å². The number of alkyl halides is 1. The number of para-hydroxylation sites is 2. The molecule has 0 spiro atoms. The Kier molecular flexibility index (Phi) is 8.06. The highest BCUT2D eigenvalue weighted by molar-refractivity contribution is 7.34. The van der Waals surface area contributed by atoms with Gasteiger partial charge in [0.2, 0.25) is 5.75 Å². The van der Waals surface area contributed by atoms with Crippen LogP contribution in [-0.2, 0) is 9.53 Å². The Morgan fingerprint density at radius 2 is 2.00 bits per heavy atom. The molecule has 190 valence electrons. The molecule has 0 radical (unpaired) electrons. The molecule has 1 saturated heterocycles. The van der Waals surface area contributed by atoms with E-state index in [-0.39, 0.29) is 18.1 Å². The number of H-pyrrole nitrogens is 1. The number of rotatable bonds is 9. The number of hydrogen-bond acceptors (Lipinski definition) is 9. The van der Waals surface area contributed by atoms with Gasteiger partial charge in [-0.05, 0) is 25.0 Å². The SMILES string of the molecule is CC(C)[C@H](N=[P+]([O-])Oc1ccccc1OC[C@H]1O[C@@H](n2ccc(=O)[nH]c2=O)[C@](C)(F)[C@@H]1O)C(=O)O. The average molecular weight is 513 g/mol. The molecular formula is C21H25FN3O9P. The quantitative estimate of drug-likeness (QED) is 0.412. The molecule has 1 fully saturated rings. The average Bonchev–Trinajstić information content (AvgIpc) is 3.00. The zero-order chi connectivity index (χ0) is 25.9. The molecule has 2 aromatic rings. The van der Waals surface area contributed by atoms with Gasteiger partial charge in [0.15, 0.2) is 23.7 Å². The molecule has 2 heterocycles. The van der Waals surface area contributed by atoms with Crippen molar-refractivity contribution in [2.45, 2.75) is 50.9 Å². The number of halogens is 1. The predicted molar refractivity (Wildman–Crippen MR) is 119 cm³/mol. The second-order valence-corrected chi connectivity index (χ2v) is 9.26. The van der Waals surface area contributed by atoms with Gasteiger partial charge in [-0.25, -0.2) is 14.0 Å². The van der Waals surface area contributed by atoms with E-state index in [1.807, 2.05) is 4.98 Å². The van der Waals surface area contributed by atoms with Crippen LogP contribution in [0.25, 0.3) is 0 Å². The highest BCUT2D eigenvalue weighted by Crippen LogP contribution is 2.41. The molecule has 1 unspecified atom stereocenters. The molecule has 1 aliphatic heterocycles. The predicted octanol–water partition coefficient (Wildman–Crippen LogP) is 0.946. The maximum absolute atomic E-state index is 15.3. The van der Waals surface area contributed by atoms with Gasteiger partial charge in [0.05, 0.1) is 0 Å². The second-order valence-electron chi connectivity index (χ2n) is 8.37. The Bertz CT molecular complexity index is 1210. The van der Waals surface area contributed by atoms with Crippen LogP contribution in [0.15, 0.2) is 50.9 Å². The fourth-order valence-electron chi connectivity index (χ4n) is 3.46. The van der Waals surface area contributed by atoms with Gasteiger partial charge in [-0.2, -0.15) is 0 Å². The van der Waals surface area contributed by atoms with Crippen molar-refractivity contribution in [3.63, 3.8) is 0 Å². The van der Waals surface area contributed by atoms with Crippen LogP contribution < -0.4 is 25.4 Å². The van der Waals surface area contributed by atoms with E-state index in [9.17, 15) is 29.5 Å². The van der Waals surface area contributed by atoms with Crippen LogP contribution in [0.5, 0.6) is 11.5 Å². The summed E-state index contributed by atoms with van der Waals surface area (Å²) >= 11 is 0. The van der Waals surface area contributed by atoms with Gasteiger partial charge in [-0.15, -0.1) is 0 Å². The van der Waals surface area contributed by atoms with E-state index in [0.29, 0.717) is 0 Å². The number of ether oxygens (including phenoxy) is 2. The van der Waals surface area contributed by atoms with E-state index in [0.717, 1.165) is 23.8 Å². The van der Waals surface area contributed by atoms with Crippen LogP contribution in [0.4, 0.5) is 4.39 Å². The molecule has 1 aromatic carbocycles. The number of aliphatic hydroxyl groups is 1. The number of carbonyl (C=O) groups is 1. The van der Waals surface area contributed by atoms with Crippen molar-refractivity contribution in [3.8, 4) is 11.5 Å². The second kappa shape index (κ2) is 10.6. The normalized spacial score (nSPS) is 25.5. The van der Waals surface area contributed by atoms with Crippen molar-refractivity contribution >= 4 is 14.1 Å². The van der Waals surface area contributed by atoms with E-state index in [4.69, 9.17) is 14.0 Å². The van der Waals surface area contributed by atoms with Gasteiger partial charge < -0.3 is 24.6 Å². The van der Waals surface area contributed by atoms with Crippen LogP contribution >= 0.6 is 8.17 Å². The maximum atomic E-state index is 15.3. The van der Waals surface area contributed by atoms with Gasteiger partial charge in [-0.3, -0.25) is 18.9 Å². The number of aromatic nitrogens is 2. The van der Waals surface area contributed by atoms with Gasteiger partial charge in [0.1, 0.15) is 18.8 Å². The summed E-state index contributed by atoms with van der Waals surface area (Å²) in [5, 5.41) is 19.7. The number of carboxylic acid groups (broad SMARTS) is 1. The Morgan fingerprint density at radius 1 is 1.34 bits per heavy atom. The van der Waals surface area contributed by atoms with Gasteiger partial charge in [-0.1, -0.05) is 30.7 Å². The molecule has 1 aromatic heterocycles. The minimum absolute atomic E-state index is 0.0193. The molecule has 3 N–H and O–H groups in total. The van der Waals surface area contributed by atoms with Crippen molar-refractivity contribution in [2.75, 3.05) is 6.61 Å². The van der Waals surface area contributed by atoms with Crippen LogP contribution in [0.2, 0.25) is 0 Å². The van der Waals surface area contributed by atoms with Crippen LogP contribution in [-0.4, -0.2) is 56.3 Å². The first kappa shape index (κ1) is 26.5. The number of nitrogens with one attached hydrogen (secondary N) is 1. The van der Waals surface area contributed by atoms with Crippen LogP contribution in [0.3, 0.4) is 0 Å². The molecule has 14 heteroatoms. The summed E-state index contributed by atoms with van der Waals surface area (Å²) in [6.45, 7) is 3.90. The smallest absolute Gasteiger partial charge is 0.395 e. The Balaban J connectivity index is 1.75. The zero-order valence-corrected chi connectivity index (χ0v) is 19.9. The number of aliphatic hydroxyl groups excluding tert-OH is 1. The summed E-state index contributed by atoms with van der Waals surface area (Å²) in [6.07, 6.45) is -3.41.